The van der Waals surface area contributed by atoms with Gasteiger partial charge in [0.15, 0.2) is 0 Å². The molecular formula is C29H29N5O3. The zero-order valence-corrected chi connectivity index (χ0v) is 20.8. The summed E-state index contributed by atoms with van der Waals surface area (Å²) >= 11 is 0. The molecule has 0 bridgehead atoms. The third kappa shape index (κ3) is 4.96. The SMILES string of the molecule is CCC(C)NC(=O)c1ccc(-n2ncc3cc(NC(=O)c4ccc5ccn(CCO)c5c4)ccc32)cc1. The van der Waals surface area contributed by atoms with Gasteiger partial charge in [0.05, 0.1) is 24.0 Å². The van der Waals surface area contributed by atoms with Crippen LogP contribution in [0, 0.1) is 0 Å². The van der Waals surface area contributed by atoms with Crippen molar-refractivity contribution < 1.29 is 14.7 Å². The summed E-state index contributed by atoms with van der Waals surface area (Å²) in [5, 5.41) is 21.6. The molecule has 0 spiro atoms. The topological polar surface area (TPSA) is 101 Å². The molecule has 2 heterocycles. The van der Waals surface area contributed by atoms with E-state index in [2.05, 4.69) is 15.7 Å². The molecular weight excluding hydrogens is 466 g/mol. The minimum Gasteiger partial charge on any atom is -0.395 e. The van der Waals surface area contributed by atoms with Crippen LogP contribution in [0.5, 0.6) is 0 Å². The third-order valence-electron chi connectivity index (χ3n) is 6.57. The van der Waals surface area contributed by atoms with Crippen molar-refractivity contribution in [1.82, 2.24) is 19.7 Å². The molecule has 0 saturated carbocycles. The van der Waals surface area contributed by atoms with Crippen molar-refractivity contribution in [2.45, 2.75) is 32.9 Å². The lowest BCUT2D eigenvalue weighted by molar-refractivity contribution is 0.0938. The first kappa shape index (κ1) is 24.3. The van der Waals surface area contributed by atoms with Crippen LogP contribution in [0.4, 0.5) is 5.69 Å². The number of fused-ring (bicyclic) bond motifs is 2. The molecule has 2 amide bonds. The molecule has 0 saturated heterocycles. The standard InChI is InChI=1S/C29H29N5O3/c1-3-19(2)31-28(36)21-6-9-25(10-7-21)34-26-11-8-24(16-23(26)18-30-34)32-29(37)22-5-4-20-12-13-33(14-15-35)27(20)17-22/h4-13,16-19,35H,3,14-15H2,1-2H3,(H,31,36)(H,32,37). The number of aliphatic hydroxyl groups excluding tert-OH is 1. The van der Waals surface area contributed by atoms with Crippen LogP contribution in [0.3, 0.4) is 0 Å². The van der Waals surface area contributed by atoms with E-state index in [1.54, 1.807) is 29.1 Å². The lowest BCUT2D eigenvalue weighted by Crippen LogP contribution is -2.31. The Morgan fingerprint density at radius 3 is 2.46 bits per heavy atom. The number of anilines is 1. The molecule has 188 valence electrons. The van der Waals surface area contributed by atoms with Crippen molar-refractivity contribution in [2.24, 2.45) is 0 Å². The molecule has 2 aromatic heterocycles. The number of amides is 2. The van der Waals surface area contributed by atoms with Gasteiger partial charge in [-0.25, -0.2) is 4.68 Å². The van der Waals surface area contributed by atoms with E-state index in [0.717, 1.165) is 33.9 Å². The number of benzene rings is 3. The molecule has 3 aromatic carbocycles. The summed E-state index contributed by atoms with van der Waals surface area (Å²) in [7, 11) is 0. The second-order valence-corrected chi connectivity index (χ2v) is 9.12. The highest BCUT2D eigenvalue weighted by Crippen LogP contribution is 2.24. The summed E-state index contributed by atoms with van der Waals surface area (Å²) < 4.78 is 3.73. The summed E-state index contributed by atoms with van der Waals surface area (Å²) in [6.45, 7) is 4.52. The van der Waals surface area contributed by atoms with Crippen LogP contribution >= 0.6 is 0 Å². The number of carbonyl (C=O) groups excluding carboxylic acids is 2. The van der Waals surface area contributed by atoms with E-state index in [1.807, 2.05) is 73.1 Å². The summed E-state index contributed by atoms with van der Waals surface area (Å²) in [6, 6.07) is 20.6. The summed E-state index contributed by atoms with van der Waals surface area (Å²) in [5.41, 5.74) is 4.44. The van der Waals surface area contributed by atoms with Crippen molar-refractivity contribution in [2.75, 3.05) is 11.9 Å². The molecule has 8 nitrogen and oxygen atoms in total. The van der Waals surface area contributed by atoms with E-state index < -0.39 is 0 Å². The fourth-order valence-corrected chi connectivity index (χ4v) is 4.31. The molecule has 8 heteroatoms. The number of hydrogen-bond acceptors (Lipinski definition) is 4. The molecule has 0 aliphatic carbocycles. The first-order valence-electron chi connectivity index (χ1n) is 12.4. The number of hydrogen-bond donors (Lipinski definition) is 3. The Morgan fingerprint density at radius 2 is 1.70 bits per heavy atom. The minimum atomic E-state index is -0.211. The van der Waals surface area contributed by atoms with E-state index in [-0.39, 0.29) is 24.5 Å². The Labute approximate surface area is 214 Å². The third-order valence-corrected chi connectivity index (χ3v) is 6.57. The van der Waals surface area contributed by atoms with Gasteiger partial charge < -0.3 is 20.3 Å². The van der Waals surface area contributed by atoms with Crippen LogP contribution in [0.25, 0.3) is 27.5 Å². The Bertz CT molecular complexity index is 1580. The van der Waals surface area contributed by atoms with Crippen molar-refractivity contribution in [1.29, 1.82) is 0 Å². The normalized spacial score (nSPS) is 12.1. The molecule has 5 aromatic rings. The van der Waals surface area contributed by atoms with Crippen LogP contribution in [0.1, 0.15) is 41.0 Å². The first-order valence-corrected chi connectivity index (χ1v) is 12.4. The van der Waals surface area contributed by atoms with E-state index in [4.69, 9.17) is 0 Å². The van der Waals surface area contributed by atoms with Crippen molar-refractivity contribution in [3.05, 3.63) is 90.3 Å². The highest BCUT2D eigenvalue weighted by Gasteiger charge is 2.13. The van der Waals surface area contributed by atoms with Crippen molar-refractivity contribution in [3.63, 3.8) is 0 Å². The zero-order chi connectivity index (χ0) is 25.9. The van der Waals surface area contributed by atoms with Crippen LogP contribution in [0.15, 0.2) is 79.1 Å². The van der Waals surface area contributed by atoms with E-state index in [9.17, 15) is 14.7 Å². The largest absolute Gasteiger partial charge is 0.395 e. The predicted octanol–water partition coefficient (Wildman–Crippen LogP) is 4.75. The summed E-state index contributed by atoms with van der Waals surface area (Å²) in [6.07, 6.45) is 4.53. The number of rotatable bonds is 8. The number of carbonyl (C=O) groups is 2. The highest BCUT2D eigenvalue weighted by atomic mass is 16.3. The maximum Gasteiger partial charge on any atom is 0.255 e. The number of nitrogens with zero attached hydrogens (tertiary/aromatic N) is 3. The first-order chi connectivity index (χ1) is 18.0. The van der Waals surface area contributed by atoms with Gasteiger partial charge in [0.2, 0.25) is 0 Å². The summed E-state index contributed by atoms with van der Waals surface area (Å²) in [4.78, 5) is 25.3. The fourth-order valence-electron chi connectivity index (χ4n) is 4.31. The summed E-state index contributed by atoms with van der Waals surface area (Å²) in [5.74, 6) is -0.302. The second-order valence-electron chi connectivity index (χ2n) is 9.12. The van der Waals surface area contributed by atoms with E-state index >= 15 is 0 Å². The highest BCUT2D eigenvalue weighted by molar-refractivity contribution is 6.07. The van der Waals surface area contributed by atoms with Gasteiger partial charge >= 0.3 is 0 Å². The lowest BCUT2D eigenvalue weighted by Gasteiger charge is -2.12. The number of aromatic nitrogens is 3. The average Bonchev–Trinajstić information content (AvgIpc) is 3.52. The number of aliphatic hydroxyl groups is 1. The quantitative estimate of drug-likeness (QED) is 0.289. The van der Waals surface area contributed by atoms with Gasteiger partial charge in [-0.15, -0.1) is 0 Å². The smallest absolute Gasteiger partial charge is 0.255 e. The molecule has 3 N–H and O–H groups in total. The Kier molecular flexibility index (Phi) is 6.74. The van der Waals surface area contributed by atoms with E-state index in [1.165, 1.54) is 0 Å². The van der Waals surface area contributed by atoms with Gasteiger partial charge in [-0.2, -0.15) is 5.10 Å². The molecule has 5 rings (SSSR count). The van der Waals surface area contributed by atoms with Gasteiger partial charge in [-0.3, -0.25) is 9.59 Å². The van der Waals surface area contributed by atoms with Gasteiger partial charge in [-0.05, 0) is 79.4 Å². The van der Waals surface area contributed by atoms with Crippen LogP contribution in [-0.4, -0.2) is 43.9 Å². The molecule has 0 fully saturated rings. The Morgan fingerprint density at radius 1 is 0.919 bits per heavy atom. The molecule has 37 heavy (non-hydrogen) atoms. The molecule has 1 atom stereocenters. The van der Waals surface area contributed by atoms with Crippen LogP contribution in [-0.2, 0) is 6.54 Å². The van der Waals surface area contributed by atoms with E-state index in [0.29, 0.717) is 23.4 Å². The molecule has 0 radical (unpaired) electrons. The lowest BCUT2D eigenvalue weighted by atomic mass is 10.1. The van der Waals surface area contributed by atoms with Crippen molar-refractivity contribution in [3.8, 4) is 5.69 Å². The average molecular weight is 496 g/mol. The van der Waals surface area contributed by atoms with Gasteiger partial charge in [-0.1, -0.05) is 13.0 Å². The zero-order valence-electron chi connectivity index (χ0n) is 20.8. The maximum absolute atomic E-state index is 13.0. The monoisotopic (exact) mass is 495 g/mol. The Balaban J connectivity index is 1.33. The minimum absolute atomic E-state index is 0.0333. The molecule has 1 unspecified atom stereocenters. The number of nitrogens with one attached hydrogen (secondary N) is 2. The van der Waals surface area contributed by atoms with Gasteiger partial charge in [0.1, 0.15) is 0 Å². The maximum atomic E-state index is 13.0. The van der Waals surface area contributed by atoms with Crippen LogP contribution < -0.4 is 10.6 Å². The molecule has 0 aliphatic rings. The second kappa shape index (κ2) is 10.3. The predicted molar refractivity (Wildman–Crippen MR) is 145 cm³/mol. The van der Waals surface area contributed by atoms with Gasteiger partial charge in [0.25, 0.3) is 11.8 Å². The van der Waals surface area contributed by atoms with Crippen LogP contribution in [0.2, 0.25) is 0 Å². The van der Waals surface area contributed by atoms with Gasteiger partial charge in [0, 0.05) is 46.5 Å². The van der Waals surface area contributed by atoms with Crippen molar-refractivity contribution >= 4 is 39.3 Å². The fraction of sp³-hybridized carbons (Fsp3) is 0.207. The Hall–Kier alpha value is -4.43. The molecule has 0 aliphatic heterocycles.